The summed E-state index contributed by atoms with van der Waals surface area (Å²) in [7, 11) is 1.70. The lowest BCUT2D eigenvalue weighted by atomic mass is 10.1. The van der Waals surface area contributed by atoms with Crippen molar-refractivity contribution in [1.29, 1.82) is 0 Å². The predicted octanol–water partition coefficient (Wildman–Crippen LogP) is 3.17. The van der Waals surface area contributed by atoms with E-state index < -0.39 is 0 Å². The minimum Gasteiger partial charge on any atom is -0.341 e. The van der Waals surface area contributed by atoms with Crippen molar-refractivity contribution in [2.75, 3.05) is 18.8 Å². The molecular formula is C19H27N3O2S. The number of nitrogens with zero attached hydrogens (tertiary/aromatic N) is 3. The Morgan fingerprint density at radius 1 is 1.16 bits per heavy atom. The fourth-order valence-electron chi connectivity index (χ4n) is 2.70. The summed E-state index contributed by atoms with van der Waals surface area (Å²) >= 11 is 1.33. The molecule has 0 spiro atoms. The van der Waals surface area contributed by atoms with E-state index in [2.05, 4.69) is 32.7 Å². The number of thioether (sulfide) groups is 1. The number of para-hydroxylation sites is 1. The lowest BCUT2D eigenvalue weighted by molar-refractivity contribution is -0.129. The van der Waals surface area contributed by atoms with Crippen molar-refractivity contribution in [2.24, 2.45) is 18.9 Å². The number of amides is 1. The average molecular weight is 362 g/mol. The zero-order valence-corrected chi connectivity index (χ0v) is 16.5. The molecule has 0 bridgehead atoms. The summed E-state index contributed by atoms with van der Waals surface area (Å²) in [6.07, 6.45) is 0. The summed E-state index contributed by atoms with van der Waals surface area (Å²) < 4.78 is 1.52. The van der Waals surface area contributed by atoms with Crippen LogP contribution in [0.2, 0.25) is 0 Å². The Hall–Kier alpha value is -1.82. The maximum Gasteiger partial charge on any atom is 0.261 e. The van der Waals surface area contributed by atoms with Crippen LogP contribution in [0, 0.1) is 11.8 Å². The van der Waals surface area contributed by atoms with Crippen molar-refractivity contribution < 1.29 is 4.79 Å². The van der Waals surface area contributed by atoms with E-state index in [0.717, 1.165) is 13.1 Å². The van der Waals surface area contributed by atoms with E-state index in [-0.39, 0.29) is 17.2 Å². The van der Waals surface area contributed by atoms with Gasteiger partial charge in [-0.25, -0.2) is 4.98 Å². The molecule has 0 unspecified atom stereocenters. The molecule has 2 aromatic rings. The number of benzene rings is 1. The molecule has 0 aliphatic rings. The number of carbonyl (C=O) groups is 1. The lowest BCUT2D eigenvalue weighted by Gasteiger charge is -2.26. The number of hydrogen-bond acceptors (Lipinski definition) is 4. The Morgan fingerprint density at radius 3 is 2.36 bits per heavy atom. The topological polar surface area (TPSA) is 55.2 Å². The SMILES string of the molecule is CC(C)CN(CC(C)C)C(=O)CSc1nc2ccccc2c(=O)n1C. The van der Waals surface area contributed by atoms with Crippen LogP contribution in [0.5, 0.6) is 0 Å². The highest BCUT2D eigenvalue weighted by Crippen LogP contribution is 2.18. The largest absolute Gasteiger partial charge is 0.341 e. The highest BCUT2D eigenvalue weighted by Gasteiger charge is 2.18. The van der Waals surface area contributed by atoms with Crippen LogP contribution in [0.15, 0.2) is 34.2 Å². The number of carbonyl (C=O) groups excluding carboxylic acids is 1. The van der Waals surface area contributed by atoms with Gasteiger partial charge in [0.1, 0.15) is 0 Å². The molecule has 1 heterocycles. The Bertz CT molecular complexity index is 789. The molecule has 0 saturated heterocycles. The van der Waals surface area contributed by atoms with Crippen LogP contribution in [0.25, 0.3) is 10.9 Å². The summed E-state index contributed by atoms with van der Waals surface area (Å²) in [6.45, 7) is 9.96. The van der Waals surface area contributed by atoms with Crippen molar-refractivity contribution in [2.45, 2.75) is 32.9 Å². The predicted molar refractivity (Wildman–Crippen MR) is 104 cm³/mol. The molecule has 6 heteroatoms. The van der Waals surface area contributed by atoms with Crippen LogP contribution < -0.4 is 5.56 Å². The normalized spacial score (nSPS) is 11.5. The summed E-state index contributed by atoms with van der Waals surface area (Å²) in [4.78, 5) is 31.5. The quantitative estimate of drug-likeness (QED) is 0.561. The van der Waals surface area contributed by atoms with E-state index in [1.807, 2.05) is 23.1 Å². The third kappa shape index (κ3) is 5.08. The second-order valence-electron chi connectivity index (χ2n) is 7.15. The van der Waals surface area contributed by atoms with Gasteiger partial charge >= 0.3 is 0 Å². The van der Waals surface area contributed by atoms with Gasteiger partial charge in [0.25, 0.3) is 5.56 Å². The summed E-state index contributed by atoms with van der Waals surface area (Å²) in [6, 6.07) is 7.29. The molecule has 2 rings (SSSR count). The van der Waals surface area contributed by atoms with Crippen molar-refractivity contribution >= 4 is 28.6 Å². The molecule has 0 saturated carbocycles. The highest BCUT2D eigenvalue weighted by molar-refractivity contribution is 7.99. The fraction of sp³-hybridized carbons (Fsp3) is 0.526. The van der Waals surface area contributed by atoms with Crippen LogP contribution in [-0.2, 0) is 11.8 Å². The number of hydrogen-bond donors (Lipinski definition) is 0. The van der Waals surface area contributed by atoms with Crippen LogP contribution in [0.3, 0.4) is 0 Å². The minimum absolute atomic E-state index is 0.0817. The number of rotatable bonds is 7. The highest BCUT2D eigenvalue weighted by atomic mass is 32.2. The van der Waals surface area contributed by atoms with Crippen molar-refractivity contribution in [1.82, 2.24) is 14.5 Å². The van der Waals surface area contributed by atoms with Crippen molar-refractivity contribution in [3.05, 3.63) is 34.6 Å². The van der Waals surface area contributed by atoms with Crippen LogP contribution in [0.1, 0.15) is 27.7 Å². The van der Waals surface area contributed by atoms with Crippen molar-refractivity contribution in [3.63, 3.8) is 0 Å². The zero-order valence-electron chi connectivity index (χ0n) is 15.7. The van der Waals surface area contributed by atoms with Gasteiger partial charge in [-0.15, -0.1) is 0 Å². The Balaban J connectivity index is 2.16. The standard InChI is InChI=1S/C19H27N3O2S/c1-13(2)10-22(11-14(3)4)17(23)12-25-19-20-16-9-7-6-8-15(16)18(24)21(19)5/h6-9,13-14H,10-12H2,1-5H3. The number of aromatic nitrogens is 2. The smallest absolute Gasteiger partial charge is 0.261 e. The van der Waals surface area contributed by atoms with Gasteiger partial charge in [0.15, 0.2) is 5.16 Å². The van der Waals surface area contributed by atoms with Gasteiger partial charge in [-0.05, 0) is 24.0 Å². The monoisotopic (exact) mass is 361 g/mol. The van der Waals surface area contributed by atoms with Gasteiger partial charge < -0.3 is 4.90 Å². The van der Waals surface area contributed by atoms with Gasteiger partial charge in [-0.2, -0.15) is 0 Å². The molecule has 25 heavy (non-hydrogen) atoms. The number of fused-ring (bicyclic) bond motifs is 1. The van der Waals surface area contributed by atoms with Crippen molar-refractivity contribution in [3.8, 4) is 0 Å². The fourth-order valence-corrected chi connectivity index (χ4v) is 3.58. The van der Waals surface area contributed by atoms with Gasteiger partial charge in [-0.1, -0.05) is 51.6 Å². The molecule has 136 valence electrons. The molecule has 0 aliphatic heterocycles. The molecule has 0 N–H and O–H groups in total. The summed E-state index contributed by atoms with van der Waals surface area (Å²) in [5, 5.41) is 1.17. The third-order valence-corrected chi connectivity index (χ3v) is 4.81. The first-order chi connectivity index (χ1) is 11.8. The molecule has 0 fully saturated rings. The Labute approximate surface area is 153 Å². The average Bonchev–Trinajstić information content (AvgIpc) is 2.55. The second kappa shape index (κ2) is 8.52. The summed E-state index contributed by atoms with van der Waals surface area (Å²) in [5.41, 5.74) is 0.587. The molecule has 1 aromatic heterocycles. The second-order valence-corrected chi connectivity index (χ2v) is 8.09. The van der Waals surface area contributed by atoms with Gasteiger partial charge in [-0.3, -0.25) is 14.2 Å². The zero-order chi connectivity index (χ0) is 18.6. The first-order valence-corrected chi connectivity index (χ1v) is 9.64. The van der Waals surface area contributed by atoms with Crippen LogP contribution in [-0.4, -0.2) is 39.2 Å². The first-order valence-electron chi connectivity index (χ1n) is 8.66. The molecule has 5 nitrogen and oxygen atoms in total. The van der Waals surface area contributed by atoms with E-state index in [1.54, 1.807) is 13.1 Å². The molecule has 0 aliphatic carbocycles. The van der Waals surface area contributed by atoms with E-state index in [0.29, 0.717) is 27.9 Å². The molecule has 1 amide bonds. The van der Waals surface area contributed by atoms with Crippen LogP contribution >= 0.6 is 11.8 Å². The third-order valence-electron chi connectivity index (χ3n) is 3.79. The molecule has 0 atom stereocenters. The molecule has 0 radical (unpaired) electrons. The van der Waals surface area contributed by atoms with Gasteiger partial charge in [0.05, 0.1) is 16.7 Å². The van der Waals surface area contributed by atoms with E-state index in [1.165, 1.54) is 16.3 Å². The Morgan fingerprint density at radius 2 is 1.76 bits per heavy atom. The lowest BCUT2D eigenvalue weighted by Crippen LogP contribution is -2.38. The van der Waals surface area contributed by atoms with E-state index >= 15 is 0 Å². The maximum atomic E-state index is 12.6. The molecular weight excluding hydrogens is 334 g/mol. The minimum atomic E-state index is -0.0817. The van der Waals surface area contributed by atoms with E-state index in [4.69, 9.17) is 0 Å². The Kier molecular flexibility index (Phi) is 6.64. The van der Waals surface area contributed by atoms with E-state index in [9.17, 15) is 9.59 Å². The molecule has 1 aromatic carbocycles. The maximum absolute atomic E-state index is 12.6. The van der Waals surface area contributed by atoms with Gasteiger partial charge in [0.2, 0.25) is 5.91 Å². The summed E-state index contributed by atoms with van der Waals surface area (Å²) in [5.74, 6) is 1.24. The van der Waals surface area contributed by atoms with Crippen LogP contribution in [0.4, 0.5) is 0 Å². The van der Waals surface area contributed by atoms with Gasteiger partial charge in [0, 0.05) is 20.1 Å². The first kappa shape index (κ1) is 19.5.